The number of aliphatic hydroxyl groups is 1. The summed E-state index contributed by atoms with van der Waals surface area (Å²) in [5.74, 6) is 0.608. The van der Waals surface area contributed by atoms with E-state index in [0.29, 0.717) is 17.9 Å². The van der Waals surface area contributed by atoms with Crippen LogP contribution in [0.3, 0.4) is 0 Å². The number of rotatable bonds is 2. The lowest BCUT2D eigenvalue weighted by atomic mass is 10.1. The van der Waals surface area contributed by atoms with Crippen LogP contribution in [0.25, 0.3) is 0 Å². The summed E-state index contributed by atoms with van der Waals surface area (Å²) in [6, 6.07) is 0. The average molecular weight is 167 g/mol. The SMILES string of the molecule is CC(C)(O)Cc1ncc(N)cn1. The molecular formula is C8H13N3O. The maximum atomic E-state index is 9.43. The van der Waals surface area contributed by atoms with Gasteiger partial charge < -0.3 is 10.8 Å². The summed E-state index contributed by atoms with van der Waals surface area (Å²) < 4.78 is 0. The van der Waals surface area contributed by atoms with E-state index in [2.05, 4.69) is 9.97 Å². The van der Waals surface area contributed by atoms with Crippen LogP contribution in [0.1, 0.15) is 19.7 Å². The molecule has 0 aromatic carbocycles. The fraction of sp³-hybridized carbons (Fsp3) is 0.500. The average Bonchev–Trinajstić information content (AvgIpc) is 1.91. The molecule has 0 atom stereocenters. The van der Waals surface area contributed by atoms with E-state index in [9.17, 15) is 5.11 Å². The minimum atomic E-state index is -0.768. The van der Waals surface area contributed by atoms with E-state index in [1.54, 1.807) is 13.8 Å². The van der Waals surface area contributed by atoms with Crippen molar-refractivity contribution < 1.29 is 5.11 Å². The molecule has 0 aliphatic heterocycles. The predicted octanol–water partition coefficient (Wildman–Crippen LogP) is 0.372. The van der Waals surface area contributed by atoms with Crippen LogP contribution < -0.4 is 5.73 Å². The molecule has 1 aromatic heterocycles. The van der Waals surface area contributed by atoms with E-state index in [4.69, 9.17) is 5.73 Å². The minimum absolute atomic E-state index is 0.438. The first-order chi connectivity index (χ1) is 5.47. The molecule has 0 bridgehead atoms. The molecule has 1 heterocycles. The lowest BCUT2D eigenvalue weighted by Crippen LogP contribution is -2.23. The Hall–Kier alpha value is -1.16. The molecule has 0 spiro atoms. The monoisotopic (exact) mass is 167 g/mol. The van der Waals surface area contributed by atoms with Gasteiger partial charge in [-0.15, -0.1) is 0 Å². The number of anilines is 1. The van der Waals surface area contributed by atoms with Gasteiger partial charge in [-0.05, 0) is 13.8 Å². The smallest absolute Gasteiger partial charge is 0.131 e. The maximum absolute atomic E-state index is 9.43. The van der Waals surface area contributed by atoms with Gasteiger partial charge in [-0.25, -0.2) is 9.97 Å². The predicted molar refractivity (Wildman–Crippen MR) is 46.4 cm³/mol. The third-order valence-corrected chi connectivity index (χ3v) is 1.32. The Morgan fingerprint density at radius 3 is 2.33 bits per heavy atom. The van der Waals surface area contributed by atoms with E-state index >= 15 is 0 Å². The molecular weight excluding hydrogens is 154 g/mol. The molecule has 12 heavy (non-hydrogen) atoms. The molecule has 0 aliphatic carbocycles. The van der Waals surface area contributed by atoms with Crippen LogP contribution >= 0.6 is 0 Å². The molecule has 0 unspecified atom stereocenters. The second-order valence-corrected chi connectivity index (χ2v) is 3.42. The van der Waals surface area contributed by atoms with Crippen molar-refractivity contribution in [1.82, 2.24) is 9.97 Å². The fourth-order valence-electron chi connectivity index (χ4n) is 0.843. The minimum Gasteiger partial charge on any atom is -0.396 e. The number of nitrogen functional groups attached to an aromatic ring is 1. The summed E-state index contributed by atoms with van der Waals surface area (Å²) >= 11 is 0. The molecule has 1 aromatic rings. The largest absolute Gasteiger partial charge is 0.396 e. The zero-order chi connectivity index (χ0) is 9.19. The van der Waals surface area contributed by atoms with Gasteiger partial charge in [-0.1, -0.05) is 0 Å². The van der Waals surface area contributed by atoms with Crippen LogP contribution in [0.15, 0.2) is 12.4 Å². The van der Waals surface area contributed by atoms with Gasteiger partial charge in [0.2, 0.25) is 0 Å². The second kappa shape index (κ2) is 3.06. The summed E-state index contributed by atoms with van der Waals surface area (Å²) in [5.41, 5.74) is 5.17. The number of nitrogens with two attached hydrogens (primary N) is 1. The highest BCUT2D eigenvalue weighted by Crippen LogP contribution is 2.08. The first-order valence-corrected chi connectivity index (χ1v) is 3.76. The van der Waals surface area contributed by atoms with Crippen LogP contribution in [0.2, 0.25) is 0 Å². The Morgan fingerprint density at radius 2 is 1.92 bits per heavy atom. The molecule has 4 nitrogen and oxygen atoms in total. The highest BCUT2D eigenvalue weighted by molar-refractivity contribution is 5.30. The summed E-state index contributed by atoms with van der Waals surface area (Å²) in [7, 11) is 0. The van der Waals surface area contributed by atoms with E-state index in [1.807, 2.05) is 0 Å². The maximum Gasteiger partial charge on any atom is 0.131 e. The van der Waals surface area contributed by atoms with Gasteiger partial charge in [0.05, 0.1) is 23.7 Å². The topological polar surface area (TPSA) is 72.0 Å². The highest BCUT2D eigenvalue weighted by Gasteiger charge is 2.14. The standard InChI is InChI=1S/C8H13N3O/c1-8(2,12)3-7-10-4-6(9)5-11-7/h4-5,12H,3,9H2,1-2H3. The Morgan fingerprint density at radius 1 is 1.42 bits per heavy atom. The Labute approximate surface area is 71.5 Å². The summed E-state index contributed by atoms with van der Waals surface area (Å²) in [6.07, 6.45) is 3.51. The molecule has 0 fully saturated rings. The van der Waals surface area contributed by atoms with Crippen molar-refractivity contribution in [3.05, 3.63) is 18.2 Å². The van der Waals surface area contributed by atoms with E-state index in [1.165, 1.54) is 12.4 Å². The van der Waals surface area contributed by atoms with Crippen LogP contribution in [-0.4, -0.2) is 20.7 Å². The first kappa shape index (κ1) is 8.93. The molecule has 0 radical (unpaired) electrons. The van der Waals surface area contributed by atoms with Gasteiger partial charge in [0.1, 0.15) is 5.82 Å². The quantitative estimate of drug-likeness (QED) is 0.667. The molecule has 0 saturated heterocycles. The Kier molecular flexibility index (Phi) is 2.28. The van der Waals surface area contributed by atoms with Crippen molar-refractivity contribution in [2.75, 3.05) is 5.73 Å². The normalized spacial score (nSPS) is 11.6. The summed E-state index contributed by atoms with van der Waals surface area (Å²) in [4.78, 5) is 7.94. The highest BCUT2D eigenvalue weighted by atomic mass is 16.3. The van der Waals surface area contributed by atoms with Gasteiger partial charge in [0.25, 0.3) is 0 Å². The fourth-order valence-corrected chi connectivity index (χ4v) is 0.843. The van der Waals surface area contributed by atoms with Gasteiger partial charge >= 0.3 is 0 Å². The Balaban J connectivity index is 2.71. The van der Waals surface area contributed by atoms with E-state index < -0.39 is 5.60 Å². The van der Waals surface area contributed by atoms with E-state index in [-0.39, 0.29) is 0 Å². The third-order valence-electron chi connectivity index (χ3n) is 1.32. The van der Waals surface area contributed by atoms with E-state index in [0.717, 1.165) is 0 Å². The van der Waals surface area contributed by atoms with Crippen molar-refractivity contribution in [2.24, 2.45) is 0 Å². The lowest BCUT2D eigenvalue weighted by molar-refractivity contribution is 0.0788. The van der Waals surface area contributed by atoms with Crippen LogP contribution in [0.5, 0.6) is 0 Å². The van der Waals surface area contributed by atoms with Crippen molar-refractivity contribution in [1.29, 1.82) is 0 Å². The van der Waals surface area contributed by atoms with Gasteiger partial charge in [0.15, 0.2) is 0 Å². The second-order valence-electron chi connectivity index (χ2n) is 3.42. The zero-order valence-electron chi connectivity index (χ0n) is 7.28. The molecule has 1 rings (SSSR count). The third kappa shape index (κ3) is 2.84. The van der Waals surface area contributed by atoms with Crippen molar-refractivity contribution in [2.45, 2.75) is 25.9 Å². The summed E-state index contributed by atoms with van der Waals surface area (Å²) in [5, 5.41) is 9.43. The number of hydrogen-bond acceptors (Lipinski definition) is 4. The molecule has 0 aliphatic rings. The van der Waals surface area contributed by atoms with Crippen molar-refractivity contribution >= 4 is 5.69 Å². The number of hydrogen-bond donors (Lipinski definition) is 2. The summed E-state index contributed by atoms with van der Waals surface area (Å²) in [6.45, 7) is 3.43. The molecule has 0 saturated carbocycles. The molecule has 4 heteroatoms. The van der Waals surface area contributed by atoms with Crippen molar-refractivity contribution in [3.63, 3.8) is 0 Å². The molecule has 3 N–H and O–H groups in total. The number of nitrogens with zero attached hydrogens (tertiary/aromatic N) is 2. The van der Waals surface area contributed by atoms with Crippen LogP contribution in [0, 0.1) is 0 Å². The lowest BCUT2D eigenvalue weighted by Gasteiger charge is -2.14. The Bertz CT molecular complexity index is 250. The number of aromatic nitrogens is 2. The molecule has 66 valence electrons. The van der Waals surface area contributed by atoms with Crippen molar-refractivity contribution in [3.8, 4) is 0 Å². The van der Waals surface area contributed by atoms with Crippen LogP contribution in [-0.2, 0) is 6.42 Å². The first-order valence-electron chi connectivity index (χ1n) is 3.76. The zero-order valence-corrected chi connectivity index (χ0v) is 7.28. The van der Waals surface area contributed by atoms with Gasteiger partial charge in [-0.2, -0.15) is 0 Å². The molecule has 0 amide bonds. The van der Waals surface area contributed by atoms with Gasteiger partial charge in [0, 0.05) is 6.42 Å². The van der Waals surface area contributed by atoms with Gasteiger partial charge in [-0.3, -0.25) is 0 Å². The van der Waals surface area contributed by atoms with Crippen LogP contribution in [0.4, 0.5) is 5.69 Å².